The second-order valence-electron chi connectivity index (χ2n) is 15.2. The molecule has 2 aliphatic carbocycles. The molecule has 0 radical (unpaired) electrons. The van der Waals surface area contributed by atoms with E-state index in [0.717, 1.165) is 97.8 Å². The molecule has 1 atom stereocenters. The maximum absolute atomic E-state index is 13.6. The number of likely N-dealkylation sites (tertiary alicyclic amines) is 1. The Balaban J connectivity index is 0.971. The number of anilines is 2. The number of carbonyl (C=O) groups excluding carboxylic acids is 2. The van der Waals surface area contributed by atoms with Crippen LogP contribution in [0.3, 0.4) is 0 Å². The number of benzene rings is 2. The van der Waals surface area contributed by atoms with Crippen molar-refractivity contribution in [3.8, 4) is 11.1 Å². The quantitative estimate of drug-likeness (QED) is 0.138. The summed E-state index contributed by atoms with van der Waals surface area (Å²) in [6, 6.07) is 16.3. The Hall–Kier alpha value is -4.44. The van der Waals surface area contributed by atoms with Gasteiger partial charge in [0.15, 0.2) is 0 Å². The molecule has 4 fully saturated rings. The summed E-state index contributed by atoms with van der Waals surface area (Å²) in [4.78, 5) is 39.0. The highest BCUT2D eigenvalue weighted by Crippen LogP contribution is 2.43. The van der Waals surface area contributed by atoms with Gasteiger partial charge in [-0.25, -0.2) is 0 Å². The molecule has 4 aliphatic rings. The Morgan fingerprint density at radius 1 is 0.750 bits per heavy atom. The number of amides is 2. The molecule has 4 heterocycles. The molecule has 9 heteroatoms. The fourth-order valence-electron chi connectivity index (χ4n) is 7.88. The molecule has 3 N–H and O–H groups in total. The lowest BCUT2D eigenvalue weighted by Gasteiger charge is -2.27. The number of nitrogens with one attached hydrogen (secondary N) is 3. The lowest BCUT2D eigenvalue weighted by molar-refractivity contribution is 0.101. The molecular weight excluding hydrogens is 649 g/mol. The normalized spacial score (nSPS) is 19.1. The molecule has 0 bridgehead atoms. The zero-order chi connectivity index (χ0) is 35.6. The SMILES string of the molecule is Cc1c(NC(=O)c2cc(C3CC3)c(CNC3CCOC3)cn2)cccc1-c1cccc(NC(=O)c2cc(C3CC3)c(CN3CCCCC3)cn2)c1C. The van der Waals surface area contributed by atoms with Crippen LogP contribution in [0.1, 0.15) is 118 Å². The minimum absolute atomic E-state index is 0.197. The molecule has 2 saturated carbocycles. The molecule has 2 aromatic heterocycles. The lowest BCUT2D eigenvalue weighted by Crippen LogP contribution is -2.29. The molecule has 1 unspecified atom stereocenters. The Morgan fingerprint density at radius 2 is 1.31 bits per heavy atom. The highest BCUT2D eigenvalue weighted by atomic mass is 16.5. The summed E-state index contributed by atoms with van der Waals surface area (Å²) in [7, 11) is 0. The highest BCUT2D eigenvalue weighted by molar-refractivity contribution is 6.05. The van der Waals surface area contributed by atoms with Crippen LogP contribution in [0, 0.1) is 13.8 Å². The van der Waals surface area contributed by atoms with Crippen LogP contribution in [0.5, 0.6) is 0 Å². The van der Waals surface area contributed by atoms with Crippen molar-refractivity contribution in [2.45, 2.75) is 96.2 Å². The summed E-state index contributed by atoms with van der Waals surface area (Å²) in [6.45, 7) is 9.53. The fraction of sp³-hybridized carbons (Fsp3) is 0.442. The van der Waals surface area contributed by atoms with Gasteiger partial charge in [0, 0.05) is 49.5 Å². The number of nitrogens with zero attached hydrogens (tertiary/aromatic N) is 3. The Labute approximate surface area is 307 Å². The summed E-state index contributed by atoms with van der Waals surface area (Å²) in [5.74, 6) is 0.609. The largest absolute Gasteiger partial charge is 0.380 e. The van der Waals surface area contributed by atoms with Crippen LogP contribution in [-0.2, 0) is 17.8 Å². The van der Waals surface area contributed by atoms with Crippen molar-refractivity contribution >= 4 is 23.2 Å². The van der Waals surface area contributed by atoms with E-state index in [1.54, 1.807) is 0 Å². The first-order valence-electron chi connectivity index (χ1n) is 19.2. The minimum atomic E-state index is -0.219. The van der Waals surface area contributed by atoms with Crippen LogP contribution < -0.4 is 16.0 Å². The number of ether oxygens (including phenoxy) is 1. The number of hydrogen-bond acceptors (Lipinski definition) is 7. The average Bonchev–Trinajstić information content (AvgIpc) is 4.12. The minimum Gasteiger partial charge on any atom is -0.380 e. The van der Waals surface area contributed by atoms with Gasteiger partial charge >= 0.3 is 0 Å². The van der Waals surface area contributed by atoms with Crippen molar-refractivity contribution < 1.29 is 14.3 Å². The van der Waals surface area contributed by atoms with E-state index < -0.39 is 0 Å². The van der Waals surface area contributed by atoms with E-state index in [4.69, 9.17) is 4.74 Å². The summed E-state index contributed by atoms with van der Waals surface area (Å²) in [5, 5.41) is 9.90. The van der Waals surface area contributed by atoms with Crippen LogP contribution in [0.2, 0.25) is 0 Å². The van der Waals surface area contributed by atoms with Gasteiger partial charge in [0.05, 0.1) is 6.61 Å². The van der Waals surface area contributed by atoms with Crippen LogP contribution in [0.15, 0.2) is 60.9 Å². The maximum atomic E-state index is 13.6. The third kappa shape index (κ3) is 7.82. The van der Waals surface area contributed by atoms with Gasteiger partial charge < -0.3 is 20.7 Å². The van der Waals surface area contributed by atoms with Gasteiger partial charge in [0.2, 0.25) is 0 Å². The molecule has 9 nitrogen and oxygen atoms in total. The second-order valence-corrected chi connectivity index (χ2v) is 15.2. The molecule has 8 rings (SSSR count). The molecule has 2 aliphatic heterocycles. The highest BCUT2D eigenvalue weighted by Gasteiger charge is 2.30. The predicted molar refractivity (Wildman–Crippen MR) is 205 cm³/mol. The zero-order valence-corrected chi connectivity index (χ0v) is 30.5. The number of rotatable bonds is 12. The Bertz CT molecular complexity index is 1960. The van der Waals surface area contributed by atoms with Gasteiger partial charge in [-0.15, -0.1) is 0 Å². The van der Waals surface area contributed by atoms with Crippen LogP contribution in [0.25, 0.3) is 11.1 Å². The molecule has 2 saturated heterocycles. The standard InChI is InChI=1S/C43H50N6O3/c1-27-34(8-6-10-38(27)47-42(50)40-20-36(29-12-13-29)31(23-45-40)22-44-33-16-19-52-26-33)35-9-7-11-39(28(35)2)48-43(51)41-21-37(30-14-15-30)32(24-46-41)25-49-17-4-3-5-18-49/h6-11,20-21,23-24,29-30,33,44H,3-5,12-19,22,25-26H2,1-2H3,(H,47,50)(H,48,51). The average molecular weight is 699 g/mol. The molecule has 2 amide bonds. The van der Waals surface area contributed by atoms with Gasteiger partial charge in [-0.1, -0.05) is 30.7 Å². The van der Waals surface area contributed by atoms with Gasteiger partial charge in [0.25, 0.3) is 11.8 Å². The molecular formula is C43H50N6O3. The van der Waals surface area contributed by atoms with Crippen LogP contribution >= 0.6 is 0 Å². The van der Waals surface area contributed by atoms with Crippen molar-refractivity contribution in [1.29, 1.82) is 0 Å². The molecule has 4 aromatic rings. The first-order valence-corrected chi connectivity index (χ1v) is 19.2. The van der Waals surface area contributed by atoms with Crippen molar-refractivity contribution in [2.24, 2.45) is 0 Å². The van der Waals surface area contributed by atoms with E-state index in [2.05, 4.69) is 43.0 Å². The van der Waals surface area contributed by atoms with Gasteiger partial charge in [-0.05, 0) is 152 Å². The van der Waals surface area contributed by atoms with E-state index in [9.17, 15) is 9.59 Å². The first-order chi connectivity index (χ1) is 25.4. The summed E-state index contributed by atoms with van der Waals surface area (Å²) in [6.07, 6.45) is 13.3. The monoisotopic (exact) mass is 698 g/mol. The van der Waals surface area contributed by atoms with E-state index >= 15 is 0 Å². The van der Waals surface area contributed by atoms with Crippen LogP contribution in [0.4, 0.5) is 11.4 Å². The number of pyridine rings is 2. The second kappa shape index (κ2) is 15.3. The molecule has 0 spiro atoms. The predicted octanol–water partition coefficient (Wildman–Crippen LogP) is 7.88. The summed E-state index contributed by atoms with van der Waals surface area (Å²) >= 11 is 0. The maximum Gasteiger partial charge on any atom is 0.274 e. The number of carbonyl (C=O) groups is 2. The number of aromatic nitrogens is 2. The van der Waals surface area contributed by atoms with Gasteiger partial charge in [-0.2, -0.15) is 0 Å². The summed E-state index contributed by atoms with van der Waals surface area (Å²) in [5.41, 5.74) is 11.2. The first kappa shape index (κ1) is 34.6. The Morgan fingerprint density at radius 3 is 1.85 bits per heavy atom. The molecule has 2 aromatic carbocycles. The molecule has 270 valence electrons. The third-order valence-corrected chi connectivity index (χ3v) is 11.4. The fourth-order valence-corrected chi connectivity index (χ4v) is 7.88. The van der Waals surface area contributed by atoms with E-state index in [1.807, 2.05) is 62.6 Å². The lowest BCUT2D eigenvalue weighted by atomic mass is 9.94. The topological polar surface area (TPSA) is 108 Å². The van der Waals surface area contributed by atoms with Crippen molar-refractivity contribution in [1.82, 2.24) is 20.2 Å². The summed E-state index contributed by atoms with van der Waals surface area (Å²) < 4.78 is 5.52. The van der Waals surface area contributed by atoms with Gasteiger partial charge in [0.1, 0.15) is 11.4 Å². The smallest absolute Gasteiger partial charge is 0.274 e. The van der Waals surface area contributed by atoms with E-state index in [0.29, 0.717) is 29.3 Å². The van der Waals surface area contributed by atoms with Crippen molar-refractivity contribution in [3.05, 3.63) is 106 Å². The molecule has 52 heavy (non-hydrogen) atoms. The van der Waals surface area contributed by atoms with E-state index in [-0.39, 0.29) is 11.8 Å². The van der Waals surface area contributed by atoms with Gasteiger partial charge in [-0.3, -0.25) is 24.5 Å². The van der Waals surface area contributed by atoms with Crippen molar-refractivity contribution in [3.63, 3.8) is 0 Å². The number of piperidine rings is 1. The number of hydrogen-bond donors (Lipinski definition) is 3. The van der Waals surface area contributed by atoms with Crippen molar-refractivity contribution in [2.75, 3.05) is 36.9 Å². The Kier molecular flexibility index (Phi) is 10.2. The van der Waals surface area contributed by atoms with Crippen LogP contribution in [-0.4, -0.2) is 59.0 Å². The zero-order valence-electron chi connectivity index (χ0n) is 30.5. The van der Waals surface area contributed by atoms with E-state index in [1.165, 1.54) is 48.8 Å². The third-order valence-electron chi connectivity index (χ3n) is 11.4.